The van der Waals surface area contributed by atoms with Crippen molar-refractivity contribution >= 4 is 34.8 Å². The second-order valence-corrected chi connectivity index (χ2v) is 7.73. The number of para-hydroxylation sites is 1. The number of rotatable bonds is 5. The van der Waals surface area contributed by atoms with Crippen LogP contribution in [0.1, 0.15) is 15.9 Å². The van der Waals surface area contributed by atoms with Crippen molar-refractivity contribution in [1.82, 2.24) is 19.9 Å². The zero-order chi connectivity index (χ0) is 22.8. The number of anilines is 1. The topological polar surface area (TPSA) is 83.0 Å². The Morgan fingerprint density at radius 3 is 2.72 bits per heavy atom. The minimum absolute atomic E-state index is 0.0381. The lowest BCUT2D eigenvalue weighted by atomic mass is 10.1. The number of hydrogen-bond donors (Lipinski definition) is 2. The third-order valence-electron chi connectivity index (χ3n) is 4.98. The first-order valence-corrected chi connectivity index (χ1v) is 10.2. The fourth-order valence-electron chi connectivity index (χ4n) is 3.46. The lowest BCUT2D eigenvalue weighted by Crippen LogP contribution is -2.25. The Morgan fingerprint density at radius 2 is 1.97 bits per heavy atom. The summed E-state index contributed by atoms with van der Waals surface area (Å²) in [6.07, 6.45) is 1.69. The van der Waals surface area contributed by atoms with Crippen LogP contribution in [0, 0.1) is 10.6 Å². The van der Waals surface area contributed by atoms with E-state index in [0.29, 0.717) is 23.0 Å². The second-order valence-electron chi connectivity index (χ2n) is 7.35. The Balaban J connectivity index is 1.65. The van der Waals surface area contributed by atoms with E-state index in [1.165, 1.54) is 24.3 Å². The van der Waals surface area contributed by atoms with Crippen LogP contribution in [0.25, 0.3) is 16.6 Å². The molecule has 9 heteroatoms. The number of hydrogen-bond acceptors (Lipinski definition) is 5. The van der Waals surface area contributed by atoms with Crippen molar-refractivity contribution in [2.24, 2.45) is 0 Å². The van der Waals surface area contributed by atoms with E-state index in [4.69, 9.17) is 12.2 Å². The molecule has 162 valence electrons. The van der Waals surface area contributed by atoms with Crippen molar-refractivity contribution in [2.75, 3.05) is 19.0 Å². The molecule has 2 heterocycles. The van der Waals surface area contributed by atoms with E-state index in [0.717, 1.165) is 15.9 Å². The summed E-state index contributed by atoms with van der Waals surface area (Å²) >= 11 is 5.30. The minimum atomic E-state index is -0.558. The van der Waals surface area contributed by atoms with E-state index in [9.17, 15) is 14.0 Å². The molecule has 2 aromatic carbocycles. The number of carbonyl (C=O) groups excluding carboxylic acids is 1. The van der Waals surface area contributed by atoms with E-state index < -0.39 is 11.4 Å². The highest BCUT2D eigenvalue weighted by Crippen LogP contribution is 2.17. The summed E-state index contributed by atoms with van der Waals surface area (Å²) in [6.45, 7) is 0.295. The van der Waals surface area contributed by atoms with E-state index in [2.05, 4.69) is 15.3 Å². The van der Waals surface area contributed by atoms with Crippen LogP contribution in [0.4, 0.5) is 10.2 Å². The molecule has 32 heavy (non-hydrogen) atoms. The highest BCUT2D eigenvalue weighted by atomic mass is 32.1. The van der Waals surface area contributed by atoms with Crippen LogP contribution < -0.4 is 15.8 Å². The second kappa shape index (κ2) is 8.72. The molecule has 0 aliphatic heterocycles. The number of amides is 1. The summed E-state index contributed by atoms with van der Waals surface area (Å²) in [5, 5.41) is 3.16. The van der Waals surface area contributed by atoms with Gasteiger partial charge in [0.25, 0.3) is 11.5 Å². The van der Waals surface area contributed by atoms with Gasteiger partial charge in [-0.3, -0.25) is 9.59 Å². The predicted molar refractivity (Wildman–Crippen MR) is 124 cm³/mol. The van der Waals surface area contributed by atoms with Gasteiger partial charge in [-0.05, 0) is 48.6 Å². The minimum Gasteiger partial charge on any atom is -0.362 e. The first-order chi connectivity index (χ1) is 15.4. The Hall–Kier alpha value is -3.85. The monoisotopic (exact) mass is 449 g/mol. The average molecular weight is 450 g/mol. The Labute approximate surface area is 188 Å². The van der Waals surface area contributed by atoms with Gasteiger partial charge in [-0.25, -0.2) is 13.9 Å². The third-order valence-corrected chi connectivity index (χ3v) is 5.27. The summed E-state index contributed by atoms with van der Waals surface area (Å²) in [5.74, 6) is -0.0981. The molecule has 2 N–H and O–H groups in total. The molecule has 0 bridgehead atoms. The number of benzene rings is 2. The highest BCUT2D eigenvalue weighted by molar-refractivity contribution is 7.71. The molecule has 0 saturated heterocycles. The van der Waals surface area contributed by atoms with E-state index in [1.54, 1.807) is 24.4 Å². The maximum absolute atomic E-state index is 14.2. The molecular weight excluding hydrogens is 429 g/mol. The molecule has 0 atom stereocenters. The molecule has 7 nitrogen and oxygen atoms in total. The normalized spacial score (nSPS) is 10.8. The van der Waals surface area contributed by atoms with Gasteiger partial charge in [-0.15, -0.1) is 0 Å². The van der Waals surface area contributed by atoms with Gasteiger partial charge in [0.05, 0.1) is 16.6 Å². The van der Waals surface area contributed by atoms with Gasteiger partial charge < -0.3 is 15.2 Å². The summed E-state index contributed by atoms with van der Waals surface area (Å²) in [6, 6.07) is 14.3. The first kappa shape index (κ1) is 21.4. The predicted octanol–water partition coefficient (Wildman–Crippen LogP) is 3.58. The fraction of sp³-hybridized carbons (Fsp3) is 0.130. The molecule has 0 radical (unpaired) electrons. The lowest BCUT2D eigenvalue weighted by Gasteiger charge is -2.16. The zero-order valence-electron chi connectivity index (χ0n) is 17.4. The maximum atomic E-state index is 14.2. The van der Waals surface area contributed by atoms with Gasteiger partial charge in [-0.1, -0.05) is 18.2 Å². The summed E-state index contributed by atoms with van der Waals surface area (Å²) in [7, 11) is 3.76. The third kappa shape index (κ3) is 4.02. The summed E-state index contributed by atoms with van der Waals surface area (Å²) < 4.78 is 15.4. The molecule has 2 aromatic heterocycles. The van der Waals surface area contributed by atoms with Crippen molar-refractivity contribution < 1.29 is 9.18 Å². The smallest absolute Gasteiger partial charge is 0.266 e. The highest BCUT2D eigenvalue weighted by Gasteiger charge is 2.14. The molecule has 0 aliphatic carbocycles. The maximum Gasteiger partial charge on any atom is 0.266 e. The molecule has 4 aromatic rings. The van der Waals surface area contributed by atoms with Gasteiger partial charge in [0.1, 0.15) is 11.6 Å². The van der Waals surface area contributed by atoms with Gasteiger partial charge in [0, 0.05) is 38.0 Å². The molecular formula is C23H20FN5O2S. The Morgan fingerprint density at radius 1 is 1.19 bits per heavy atom. The SMILES string of the molecule is CN(C)c1ncccc1CNC(=O)c1ccc2c(=O)n(-c3ccccc3F)c(=S)[nH]c2c1. The van der Waals surface area contributed by atoms with Crippen molar-refractivity contribution in [3.63, 3.8) is 0 Å². The number of aromatic amines is 1. The quantitative estimate of drug-likeness (QED) is 0.455. The number of fused-ring (bicyclic) bond motifs is 1. The number of H-pyrrole nitrogens is 1. The van der Waals surface area contributed by atoms with Gasteiger partial charge in [-0.2, -0.15) is 0 Å². The van der Waals surface area contributed by atoms with Crippen molar-refractivity contribution in [3.8, 4) is 5.69 Å². The summed E-state index contributed by atoms with van der Waals surface area (Å²) in [4.78, 5) is 34.8. The van der Waals surface area contributed by atoms with E-state index in [1.807, 2.05) is 31.1 Å². The van der Waals surface area contributed by atoms with Crippen LogP contribution >= 0.6 is 12.2 Å². The van der Waals surface area contributed by atoms with Crippen LogP contribution in [0.15, 0.2) is 65.6 Å². The standard InChI is InChI=1S/C23H20FN5O2S/c1-28(2)20-15(6-5-11-25-20)13-26-21(30)14-9-10-16-18(12-14)27-23(32)29(22(16)31)19-8-4-3-7-17(19)24/h3-12H,13H2,1-2H3,(H,26,30)(H,27,32). The number of halogens is 1. The van der Waals surface area contributed by atoms with Gasteiger partial charge in [0.2, 0.25) is 0 Å². The van der Waals surface area contributed by atoms with Crippen LogP contribution in [-0.4, -0.2) is 34.5 Å². The van der Waals surface area contributed by atoms with Crippen LogP contribution in [0.5, 0.6) is 0 Å². The zero-order valence-corrected chi connectivity index (χ0v) is 18.2. The van der Waals surface area contributed by atoms with Crippen molar-refractivity contribution in [1.29, 1.82) is 0 Å². The molecule has 0 saturated carbocycles. The molecule has 0 unspecified atom stereocenters. The number of carbonyl (C=O) groups is 1. The molecule has 0 aliphatic rings. The van der Waals surface area contributed by atoms with E-state index in [-0.39, 0.29) is 16.4 Å². The number of pyridine rings is 1. The number of aromatic nitrogens is 3. The lowest BCUT2D eigenvalue weighted by molar-refractivity contribution is 0.0951. The number of nitrogens with zero attached hydrogens (tertiary/aromatic N) is 3. The van der Waals surface area contributed by atoms with Gasteiger partial charge >= 0.3 is 0 Å². The Kier molecular flexibility index (Phi) is 5.83. The molecule has 1 amide bonds. The fourth-order valence-corrected chi connectivity index (χ4v) is 3.75. The molecule has 0 fully saturated rings. The Bertz CT molecular complexity index is 1440. The van der Waals surface area contributed by atoms with Crippen LogP contribution in [0.2, 0.25) is 0 Å². The number of nitrogens with one attached hydrogen (secondary N) is 2. The van der Waals surface area contributed by atoms with Gasteiger partial charge in [0.15, 0.2) is 4.77 Å². The molecule has 0 spiro atoms. The van der Waals surface area contributed by atoms with Crippen LogP contribution in [0.3, 0.4) is 0 Å². The first-order valence-electron chi connectivity index (χ1n) is 9.80. The van der Waals surface area contributed by atoms with E-state index >= 15 is 0 Å². The molecule has 4 rings (SSSR count). The van der Waals surface area contributed by atoms with Crippen molar-refractivity contribution in [2.45, 2.75) is 6.54 Å². The largest absolute Gasteiger partial charge is 0.362 e. The average Bonchev–Trinajstić information content (AvgIpc) is 2.78. The van der Waals surface area contributed by atoms with Crippen LogP contribution in [-0.2, 0) is 6.54 Å². The van der Waals surface area contributed by atoms with Crippen molar-refractivity contribution in [3.05, 3.63) is 92.9 Å². The summed E-state index contributed by atoms with van der Waals surface area (Å²) in [5.41, 5.74) is 1.23.